The number of benzene rings is 1. The fourth-order valence-corrected chi connectivity index (χ4v) is 1.88. The van der Waals surface area contributed by atoms with Gasteiger partial charge >= 0.3 is 0 Å². The van der Waals surface area contributed by atoms with Crippen LogP contribution in [0, 0.1) is 0 Å². The van der Waals surface area contributed by atoms with Crippen LogP contribution in [-0.2, 0) is 0 Å². The first kappa shape index (κ1) is 12.8. The van der Waals surface area contributed by atoms with E-state index in [0.717, 1.165) is 10.0 Å². The third kappa shape index (κ3) is 3.17. The summed E-state index contributed by atoms with van der Waals surface area (Å²) in [6.07, 6.45) is 3.44. The fourth-order valence-electron chi connectivity index (χ4n) is 1.62. The summed E-state index contributed by atoms with van der Waals surface area (Å²) >= 11 is 3.34. The van der Waals surface area contributed by atoms with E-state index in [1.165, 1.54) is 0 Å². The lowest BCUT2D eigenvalue weighted by Crippen LogP contribution is -2.26. The zero-order chi connectivity index (χ0) is 13.0. The first-order valence-electron chi connectivity index (χ1n) is 5.63. The van der Waals surface area contributed by atoms with Crippen molar-refractivity contribution in [2.75, 3.05) is 0 Å². The smallest absolute Gasteiger partial charge is 0.251 e. The van der Waals surface area contributed by atoms with E-state index in [1.807, 2.05) is 31.2 Å². The van der Waals surface area contributed by atoms with E-state index in [9.17, 15) is 4.79 Å². The molecule has 0 bridgehead atoms. The number of hydrogen-bond acceptors (Lipinski definition) is 2. The summed E-state index contributed by atoms with van der Waals surface area (Å²) in [7, 11) is 0. The Morgan fingerprint density at radius 2 is 1.78 bits per heavy atom. The number of rotatable bonds is 3. The number of amides is 1. The van der Waals surface area contributed by atoms with E-state index in [0.29, 0.717) is 5.56 Å². The number of nitrogens with one attached hydrogen (secondary N) is 1. The molecule has 3 nitrogen and oxygen atoms in total. The van der Waals surface area contributed by atoms with E-state index >= 15 is 0 Å². The van der Waals surface area contributed by atoms with E-state index < -0.39 is 0 Å². The van der Waals surface area contributed by atoms with Gasteiger partial charge in [-0.05, 0) is 48.9 Å². The zero-order valence-corrected chi connectivity index (χ0v) is 11.5. The molecule has 1 aromatic heterocycles. The van der Waals surface area contributed by atoms with Gasteiger partial charge in [0.2, 0.25) is 0 Å². The van der Waals surface area contributed by atoms with Crippen molar-refractivity contribution in [3.63, 3.8) is 0 Å². The Kier molecular flexibility index (Phi) is 4.10. The molecule has 1 aromatic carbocycles. The number of halogens is 1. The van der Waals surface area contributed by atoms with Gasteiger partial charge in [0, 0.05) is 22.4 Å². The maximum absolute atomic E-state index is 12.0. The molecule has 0 saturated heterocycles. The molecular weight excluding hydrogens is 292 g/mol. The molecule has 1 heterocycles. The molecule has 92 valence electrons. The lowest BCUT2D eigenvalue weighted by atomic mass is 10.1. The molecule has 1 atom stereocenters. The quantitative estimate of drug-likeness (QED) is 0.945. The van der Waals surface area contributed by atoms with Crippen molar-refractivity contribution in [2.24, 2.45) is 0 Å². The van der Waals surface area contributed by atoms with E-state index in [-0.39, 0.29) is 11.9 Å². The van der Waals surface area contributed by atoms with Crippen molar-refractivity contribution in [1.29, 1.82) is 0 Å². The van der Waals surface area contributed by atoms with Crippen molar-refractivity contribution >= 4 is 21.8 Å². The lowest BCUT2D eigenvalue weighted by molar-refractivity contribution is 0.0940. The molecule has 0 aliphatic heterocycles. The summed E-state index contributed by atoms with van der Waals surface area (Å²) in [6.45, 7) is 1.95. The summed E-state index contributed by atoms with van der Waals surface area (Å²) in [6, 6.07) is 11.0. The molecule has 0 aliphatic carbocycles. The first-order chi connectivity index (χ1) is 8.66. The Hall–Kier alpha value is -1.68. The predicted molar refractivity (Wildman–Crippen MR) is 74.3 cm³/mol. The average Bonchev–Trinajstić information content (AvgIpc) is 2.40. The van der Waals surface area contributed by atoms with Crippen LogP contribution in [0.25, 0.3) is 0 Å². The molecule has 0 aliphatic rings. The highest BCUT2D eigenvalue weighted by Gasteiger charge is 2.10. The molecule has 2 rings (SSSR count). The highest BCUT2D eigenvalue weighted by atomic mass is 79.9. The number of nitrogens with zero attached hydrogens (tertiary/aromatic N) is 1. The van der Waals surface area contributed by atoms with Gasteiger partial charge in [0.25, 0.3) is 5.91 Å². The Morgan fingerprint density at radius 1 is 1.17 bits per heavy atom. The Bertz CT molecular complexity index is 525. The van der Waals surface area contributed by atoms with Crippen LogP contribution in [0.15, 0.2) is 53.3 Å². The van der Waals surface area contributed by atoms with Gasteiger partial charge in [-0.3, -0.25) is 9.78 Å². The molecular formula is C14H13BrN2O. The van der Waals surface area contributed by atoms with Gasteiger partial charge in [-0.2, -0.15) is 0 Å². The van der Waals surface area contributed by atoms with Crippen LogP contribution in [0.5, 0.6) is 0 Å². The van der Waals surface area contributed by atoms with Crippen LogP contribution < -0.4 is 5.32 Å². The molecule has 0 saturated carbocycles. The van der Waals surface area contributed by atoms with Gasteiger partial charge in [-0.25, -0.2) is 0 Å². The van der Waals surface area contributed by atoms with Crippen molar-refractivity contribution in [1.82, 2.24) is 10.3 Å². The molecule has 1 amide bonds. The summed E-state index contributed by atoms with van der Waals surface area (Å²) in [4.78, 5) is 16.0. The molecule has 0 spiro atoms. The number of hydrogen-bond donors (Lipinski definition) is 1. The third-order valence-electron chi connectivity index (χ3n) is 2.66. The van der Waals surface area contributed by atoms with Gasteiger partial charge in [0.15, 0.2) is 0 Å². The predicted octanol–water partition coefficient (Wildman–Crippen LogP) is 3.34. The molecule has 0 radical (unpaired) electrons. The summed E-state index contributed by atoms with van der Waals surface area (Å²) in [5.41, 5.74) is 1.69. The van der Waals surface area contributed by atoms with Crippen molar-refractivity contribution in [3.05, 3.63) is 64.4 Å². The van der Waals surface area contributed by atoms with Crippen molar-refractivity contribution < 1.29 is 4.79 Å². The summed E-state index contributed by atoms with van der Waals surface area (Å²) in [5, 5.41) is 2.95. The van der Waals surface area contributed by atoms with Crippen LogP contribution in [-0.4, -0.2) is 10.9 Å². The SMILES string of the molecule is C[C@@H](NC(=O)c1ccc(Br)cc1)c1ccncc1. The fraction of sp³-hybridized carbons (Fsp3) is 0.143. The van der Waals surface area contributed by atoms with Gasteiger partial charge in [0.1, 0.15) is 0 Å². The topological polar surface area (TPSA) is 42.0 Å². The number of carbonyl (C=O) groups excluding carboxylic acids is 1. The van der Waals surface area contributed by atoms with Crippen LogP contribution >= 0.6 is 15.9 Å². The van der Waals surface area contributed by atoms with Crippen molar-refractivity contribution in [2.45, 2.75) is 13.0 Å². The van der Waals surface area contributed by atoms with Crippen LogP contribution in [0.4, 0.5) is 0 Å². The summed E-state index contributed by atoms with van der Waals surface area (Å²) < 4.78 is 0.959. The van der Waals surface area contributed by atoms with Gasteiger partial charge < -0.3 is 5.32 Å². The van der Waals surface area contributed by atoms with Gasteiger partial charge in [-0.1, -0.05) is 15.9 Å². The van der Waals surface area contributed by atoms with Crippen LogP contribution in [0.2, 0.25) is 0 Å². The monoisotopic (exact) mass is 304 g/mol. The van der Waals surface area contributed by atoms with Crippen molar-refractivity contribution in [3.8, 4) is 0 Å². The number of carbonyl (C=O) groups is 1. The normalized spacial score (nSPS) is 11.9. The maximum Gasteiger partial charge on any atom is 0.251 e. The average molecular weight is 305 g/mol. The minimum atomic E-state index is -0.0770. The molecule has 0 unspecified atom stereocenters. The number of aromatic nitrogens is 1. The minimum Gasteiger partial charge on any atom is -0.346 e. The highest BCUT2D eigenvalue weighted by molar-refractivity contribution is 9.10. The Labute approximate surface area is 114 Å². The van der Waals surface area contributed by atoms with Gasteiger partial charge in [0.05, 0.1) is 6.04 Å². The second-order valence-electron chi connectivity index (χ2n) is 3.98. The highest BCUT2D eigenvalue weighted by Crippen LogP contribution is 2.13. The lowest BCUT2D eigenvalue weighted by Gasteiger charge is -2.14. The van der Waals surface area contributed by atoms with E-state index in [1.54, 1.807) is 24.5 Å². The summed E-state index contributed by atoms with van der Waals surface area (Å²) in [5.74, 6) is -0.0770. The van der Waals surface area contributed by atoms with Gasteiger partial charge in [-0.15, -0.1) is 0 Å². The second-order valence-corrected chi connectivity index (χ2v) is 4.90. The zero-order valence-electron chi connectivity index (χ0n) is 9.93. The largest absolute Gasteiger partial charge is 0.346 e. The molecule has 4 heteroatoms. The van der Waals surface area contributed by atoms with E-state index in [2.05, 4.69) is 26.2 Å². The molecule has 0 fully saturated rings. The first-order valence-corrected chi connectivity index (χ1v) is 6.42. The molecule has 18 heavy (non-hydrogen) atoms. The second kappa shape index (κ2) is 5.78. The van der Waals surface area contributed by atoms with Crippen LogP contribution in [0.3, 0.4) is 0 Å². The molecule has 2 aromatic rings. The minimum absolute atomic E-state index is 0.0378. The standard InChI is InChI=1S/C14H13BrN2O/c1-10(11-6-8-16-9-7-11)17-14(18)12-2-4-13(15)5-3-12/h2-10H,1H3,(H,17,18)/t10-/m1/s1. The van der Waals surface area contributed by atoms with Crippen LogP contribution in [0.1, 0.15) is 28.9 Å². The Morgan fingerprint density at radius 3 is 2.39 bits per heavy atom. The number of pyridine rings is 1. The Balaban J connectivity index is 2.06. The maximum atomic E-state index is 12.0. The molecule has 1 N–H and O–H groups in total. The van der Waals surface area contributed by atoms with E-state index in [4.69, 9.17) is 0 Å². The third-order valence-corrected chi connectivity index (χ3v) is 3.19.